The molecule has 7 nitrogen and oxygen atoms in total. The molecule has 0 saturated carbocycles. The Bertz CT molecular complexity index is 682. The molecule has 1 aliphatic heterocycles. The number of nitrogens with one attached hydrogen (secondary N) is 1. The van der Waals surface area contributed by atoms with E-state index in [-0.39, 0.29) is 24.4 Å². The predicted octanol–water partition coefficient (Wildman–Crippen LogP) is 1.76. The number of hydrogen-bond acceptors (Lipinski definition) is 6. The highest BCUT2D eigenvalue weighted by atomic mass is 35.5. The Balaban J connectivity index is 0.00000208. The minimum absolute atomic E-state index is 0. The lowest BCUT2D eigenvalue weighted by molar-refractivity contribution is 0.190. The van der Waals surface area contributed by atoms with Gasteiger partial charge >= 0.3 is 0 Å². The quantitative estimate of drug-likeness (QED) is 0.902. The molecular formula is C16H27ClN6O. The summed E-state index contributed by atoms with van der Waals surface area (Å²) in [4.78, 5) is 6.93. The third kappa shape index (κ3) is 3.63. The van der Waals surface area contributed by atoms with Crippen LogP contribution >= 0.6 is 12.4 Å². The Kier molecular flexibility index (Phi) is 6.01. The average Bonchev–Trinajstić information content (AvgIpc) is 3.09. The first-order chi connectivity index (χ1) is 11.0. The molecule has 2 unspecified atom stereocenters. The Morgan fingerprint density at radius 1 is 1.33 bits per heavy atom. The van der Waals surface area contributed by atoms with Crippen molar-refractivity contribution in [3.8, 4) is 0 Å². The number of hydrogen-bond donors (Lipinski definition) is 1. The summed E-state index contributed by atoms with van der Waals surface area (Å²) in [7, 11) is 4.08. The Morgan fingerprint density at radius 2 is 2.08 bits per heavy atom. The summed E-state index contributed by atoms with van der Waals surface area (Å²) in [5.41, 5.74) is 3.55. The van der Waals surface area contributed by atoms with Crippen molar-refractivity contribution in [1.29, 1.82) is 0 Å². The smallest absolute Gasteiger partial charge is 0.229 e. The van der Waals surface area contributed by atoms with Crippen molar-refractivity contribution in [2.24, 2.45) is 7.05 Å². The van der Waals surface area contributed by atoms with Crippen molar-refractivity contribution in [3.63, 3.8) is 0 Å². The molecular weight excluding hydrogens is 328 g/mol. The van der Waals surface area contributed by atoms with Crippen molar-refractivity contribution in [1.82, 2.24) is 30.1 Å². The Labute approximate surface area is 149 Å². The van der Waals surface area contributed by atoms with Gasteiger partial charge in [0.05, 0.1) is 11.7 Å². The number of nitrogens with zero attached hydrogens (tertiary/aromatic N) is 5. The average molecular weight is 355 g/mol. The summed E-state index contributed by atoms with van der Waals surface area (Å²) in [6.07, 6.45) is 0.867. The first kappa shape index (κ1) is 18.9. The van der Waals surface area contributed by atoms with Crippen molar-refractivity contribution < 1.29 is 4.52 Å². The van der Waals surface area contributed by atoms with Crippen molar-refractivity contribution in [2.45, 2.75) is 39.2 Å². The Hall–Kier alpha value is -1.44. The molecule has 1 fully saturated rings. The molecule has 0 aliphatic carbocycles. The van der Waals surface area contributed by atoms with Crippen LogP contribution in [0, 0.1) is 13.8 Å². The van der Waals surface area contributed by atoms with E-state index in [1.807, 2.05) is 11.7 Å². The second-order valence-corrected chi connectivity index (χ2v) is 6.57. The number of aryl methyl sites for hydroxylation is 2. The van der Waals surface area contributed by atoms with Gasteiger partial charge in [0, 0.05) is 38.3 Å². The lowest BCUT2D eigenvalue weighted by atomic mass is 9.99. The summed E-state index contributed by atoms with van der Waals surface area (Å²) in [6, 6.07) is 0.190. The van der Waals surface area contributed by atoms with Gasteiger partial charge in [0.15, 0.2) is 5.82 Å². The molecule has 24 heavy (non-hydrogen) atoms. The zero-order valence-corrected chi connectivity index (χ0v) is 15.9. The summed E-state index contributed by atoms with van der Waals surface area (Å²) in [5.74, 6) is 1.67. The molecule has 2 atom stereocenters. The molecule has 2 aromatic rings. The highest BCUT2D eigenvalue weighted by molar-refractivity contribution is 5.85. The van der Waals surface area contributed by atoms with Crippen LogP contribution in [0.1, 0.15) is 47.5 Å². The minimum atomic E-state index is 0. The lowest BCUT2D eigenvalue weighted by Gasteiger charge is -2.30. The number of piperazine rings is 1. The van der Waals surface area contributed by atoms with Gasteiger partial charge in [-0.2, -0.15) is 10.1 Å². The van der Waals surface area contributed by atoms with Crippen LogP contribution in [-0.4, -0.2) is 51.5 Å². The van der Waals surface area contributed by atoms with E-state index in [4.69, 9.17) is 4.52 Å². The molecule has 0 radical (unpaired) electrons. The number of halogens is 1. The molecule has 8 heteroatoms. The molecule has 1 N–H and O–H groups in total. The van der Waals surface area contributed by atoms with E-state index in [2.05, 4.69) is 53.3 Å². The van der Waals surface area contributed by atoms with Gasteiger partial charge < -0.3 is 9.84 Å². The lowest BCUT2D eigenvalue weighted by Crippen LogP contribution is -2.44. The van der Waals surface area contributed by atoms with E-state index in [1.165, 1.54) is 11.3 Å². The summed E-state index contributed by atoms with van der Waals surface area (Å²) < 4.78 is 7.47. The first-order valence-electron chi connectivity index (χ1n) is 8.21. The van der Waals surface area contributed by atoms with E-state index in [9.17, 15) is 0 Å². The number of likely N-dealkylation sites (N-methyl/N-ethyl adjacent to an activating group) is 1. The third-order valence-electron chi connectivity index (χ3n) is 4.86. The van der Waals surface area contributed by atoms with Gasteiger partial charge in [0.1, 0.15) is 0 Å². The van der Waals surface area contributed by atoms with Crippen molar-refractivity contribution in [3.05, 3.63) is 28.7 Å². The van der Waals surface area contributed by atoms with Crippen LogP contribution in [0.25, 0.3) is 0 Å². The van der Waals surface area contributed by atoms with Gasteiger partial charge in [-0.05, 0) is 32.9 Å². The largest absolute Gasteiger partial charge is 0.339 e. The highest BCUT2D eigenvalue weighted by Crippen LogP contribution is 2.25. The molecule has 0 spiro atoms. The third-order valence-corrected chi connectivity index (χ3v) is 4.86. The molecule has 2 aromatic heterocycles. The van der Waals surface area contributed by atoms with E-state index in [0.717, 1.165) is 37.6 Å². The highest BCUT2D eigenvalue weighted by Gasteiger charge is 2.27. The van der Waals surface area contributed by atoms with Crippen LogP contribution < -0.4 is 5.32 Å². The standard InChI is InChI=1S/C16H26N6O.ClH/c1-10(8-13-11(2)19-22(5)12(13)3)16-18-15(20-23-16)14-9-17-6-7-21(14)4;/h10,14,17H,6-9H2,1-5H3;1H. The molecule has 0 bridgehead atoms. The van der Waals surface area contributed by atoms with Crippen LogP contribution in [-0.2, 0) is 13.5 Å². The normalized spacial score (nSPS) is 20.0. The maximum Gasteiger partial charge on any atom is 0.229 e. The topological polar surface area (TPSA) is 72.0 Å². The number of rotatable bonds is 4. The fourth-order valence-corrected chi connectivity index (χ4v) is 3.18. The molecule has 0 amide bonds. The van der Waals surface area contributed by atoms with Gasteiger partial charge in [-0.25, -0.2) is 0 Å². The number of aromatic nitrogens is 4. The van der Waals surface area contributed by atoms with Crippen LogP contribution in [0.2, 0.25) is 0 Å². The molecule has 1 saturated heterocycles. The molecule has 134 valence electrons. The fraction of sp³-hybridized carbons (Fsp3) is 0.688. The van der Waals surface area contributed by atoms with Gasteiger partial charge in [-0.3, -0.25) is 9.58 Å². The predicted molar refractivity (Wildman–Crippen MR) is 94.6 cm³/mol. The summed E-state index contributed by atoms with van der Waals surface area (Å²) in [6.45, 7) is 9.16. The zero-order chi connectivity index (χ0) is 16.6. The van der Waals surface area contributed by atoms with Crippen LogP contribution in [0.5, 0.6) is 0 Å². The van der Waals surface area contributed by atoms with Gasteiger partial charge in [-0.1, -0.05) is 12.1 Å². The molecule has 3 heterocycles. The Morgan fingerprint density at radius 3 is 2.71 bits per heavy atom. The van der Waals surface area contributed by atoms with Gasteiger partial charge in [-0.15, -0.1) is 12.4 Å². The summed E-state index contributed by atoms with van der Waals surface area (Å²) in [5, 5.41) is 12.1. The first-order valence-corrected chi connectivity index (χ1v) is 8.21. The molecule has 0 aromatic carbocycles. The fourth-order valence-electron chi connectivity index (χ4n) is 3.18. The SMILES string of the molecule is Cc1nn(C)c(C)c1CC(C)c1nc(C2CNCCN2C)no1.Cl. The molecule has 1 aliphatic rings. The van der Waals surface area contributed by atoms with Crippen LogP contribution in [0.3, 0.4) is 0 Å². The van der Waals surface area contributed by atoms with Crippen LogP contribution in [0.15, 0.2) is 4.52 Å². The van der Waals surface area contributed by atoms with Gasteiger partial charge in [0.25, 0.3) is 0 Å². The monoisotopic (exact) mass is 354 g/mol. The van der Waals surface area contributed by atoms with Crippen molar-refractivity contribution in [2.75, 3.05) is 26.7 Å². The zero-order valence-electron chi connectivity index (χ0n) is 15.0. The van der Waals surface area contributed by atoms with E-state index < -0.39 is 0 Å². The van der Waals surface area contributed by atoms with E-state index >= 15 is 0 Å². The maximum atomic E-state index is 5.54. The van der Waals surface area contributed by atoms with Crippen molar-refractivity contribution >= 4 is 12.4 Å². The maximum absolute atomic E-state index is 5.54. The second kappa shape index (κ2) is 7.63. The van der Waals surface area contributed by atoms with E-state index in [1.54, 1.807) is 0 Å². The minimum Gasteiger partial charge on any atom is -0.339 e. The summed E-state index contributed by atoms with van der Waals surface area (Å²) >= 11 is 0. The van der Waals surface area contributed by atoms with Gasteiger partial charge in [0.2, 0.25) is 5.89 Å². The van der Waals surface area contributed by atoms with Crippen LogP contribution in [0.4, 0.5) is 0 Å². The van der Waals surface area contributed by atoms with E-state index in [0.29, 0.717) is 5.89 Å². The molecule has 3 rings (SSSR count). The second-order valence-electron chi connectivity index (χ2n) is 6.57.